The molecule has 2 fully saturated rings. The predicted molar refractivity (Wildman–Crippen MR) is 104 cm³/mol. The molecule has 4 atom stereocenters. The number of hydrogen-bond donors (Lipinski definition) is 5. The van der Waals surface area contributed by atoms with Gasteiger partial charge in [-0.1, -0.05) is 12.8 Å². The van der Waals surface area contributed by atoms with E-state index in [0.29, 0.717) is 50.8 Å². The van der Waals surface area contributed by atoms with Gasteiger partial charge in [0.05, 0.1) is 18.7 Å². The maximum Gasteiger partial charge on any atom is 0.315 e. The van der Waals surface area contributed by atoms with Crippen molar-refractivity contribution in [2.45, 2.75) is 61.8 Å². The summed E-state index contributed by atoms with van der Waals surface area (Å²) < 4.78 is -0.850. The molecule has 2 aliphatic heterocycles. The van der Waals surface area contributed by atoms with Crippen molar-refractivity contribution in [3.8, 4) is 0 Å². The number of nitrogens with one attached hydrogen (secondary N) is 3. The van der Waals surface area contributed by atoms with Crippen molar-refractivity contribution < 1.29 is 29.7 Å². The van der Waals surface area contributed by atoms with Crippen LogP contribution in [0.4, 0.5) is 4.79 Å². The van der Waals surface area contributed by atoms with E-state index in [-0.39, 0.29) is 49.6 Å². The molecule has 0 aliphatic carbocycles. The number of unbranched alkanes of at least 4 members (excludes halogenated alkanes) is 2. The Hall–Kier alpha value is -1.52. The zero-order valence-corrected chi connectivity index (χ0v) is 16.8. The van der Waals surface area contributed by atoms with E-state index in [0.717, 1.165) is 0 Å². The molecule has 2 aliphatic rings. The van der Waals surface area contributed by atoms with Crippen LogP contribution in [-0.4, -0.2) is 70.5 Å². The van der Waals surface area contributed by atoms with Gasteiger partial charge in [0.15, 0.2) is 0 Å². The largest absolute Gasteiger partial charge is 0.481 e. The highest BCUT2D eigenvalue weighted by Gasteiger charge is 2.57. The summed E-state index contributed by atoms with van der Waals surface area (Å²) in [6.07, 6.45) is 3.49. The van der Waals surface area contributed by atoms with Crippen LogP contribution < -0.4 is 16.0 Å². The predicted octanol–water partition coefficient (Wildman–Crippen LogP) is 0.493. The van der Waals surface area contributed by atoms with Crippen molar-refractivity contribution >= 4 is 29.7 Å². The average Bonchev–Trinajstić information content (AvgIpc) is 3.19. The summed E-state index contributed by atoms with van der Waals surface area (Å²) in [4.78, 5) is 35.6. The maximum atomic E-state index is 13.1. The van der Waals surface area contributed by atoms with E-state index in [4.69, 9.17) is 5.11 Å². The summed E-state index contributed by atoms with van der Waals surface area (Å²) >= 11 is 1.49. The molecule has 159 valence electrons. The van der Waals surface area contributed by atoms with Crippen LogP contribution in [0.15, 0.2) is 0 Å². The number of aliphatic carboxylic acids is 1. The Labute approximate surface area is 169 Å². The van der Waals surface area contributed by atoms with Gasteiger partial charge in [-0.25, -0.2) is 9.90 Å². The van der Waals surface area contributed by atoms with Crippen LogP contribution in [0.1, 0.15) is 44.9 Å². The number of aliphatic hydroxyl groups is 1. The summed E-state index contributed by atoms with van der Waals surface area (Å²) in [5.74, 6) is -0.553. The van der Waals surface area contributed by atoms with E-state index < -0.39 is 10.7 Å². The van der Waals surface area contributed by atoms with Crippen LogP contribution in [0.3, 0.4) is 0 Å². The lowest BCUT2D eigenvalue weighted by atomic mass is 9.88. The summed E-state index contributed by atoms with van der Waals surface area (Å²) in [5, 5.41) is 37.5. The number of carboxylic acids is 1. The number of hydrogen-bond acceptors (Lipinski definition) is 5. The van der Waals surface area contributed by atoms with Gasteiger partial charge < -0.3 is 26.2 Å². The highest BCUT2D eigenvalue weighted by Crippen LogP contribution is 2.44. The third-order valence-corrected chi connectivity index (χ3v) is 7.10. The van der Waals surface area contributed by atoms with Gasteiger partial charge in [0.1, 0.15) is 4.75 Å². The van der Waals surface area contributed by atoms with Crippen molar-refractivity contribution in [1.82, 2.24) is 16.0 Å². The first-order chi connectivity index (χ1) is 13.4. The van der Waals surface area contributed by atoms with Crippen LogP contribution in [0.25, 0.3) is 0 Å². The minimum atomic E-state index is -0.866. The van der Waals surface area contributed by atoms with Crippen LogP contribution in [-0.2, 0) is 14.7 Å². The van der Waals surface area contributed by atoms with Gasteiger partial charge in [-0.15, -0.1) is 11.8 Å². The van der Waals surface area contributed by atoms with E-state index in [1.165, 1.54) is 11.8 Å². The Bertz CT molecular complexity index is 563. The first kappa shape index (κ1) is 22.8. The number of carbonyl (C=O) groups excluding carboxylic acids is 2. The van der Waals surface area contributed by atoms with Gasteiger partial charge in [-0.2, -0.15) is 0 Å². The minimum Gasteiger partial charge on any atom is -0.481 e. The third-order valence-electron chi connectivity index (χ3n) is 5.42. The summed E-state index contributed by atoms with van der Waals surface area (Å²) in [7, 11) is 0. The maximum absolute atomic E-state index is 13.1. The monoisotopic (exact) mass is 416 g/mol. The molecule has 0 aromatic rings. The number of aliphatic hydroxyl groups excluding tert-OH is 1. The topological polar surface area (TPSA) is 148 Å². The molecule has 1 unspecified atom stereocenters. The molecular formula is C18H30N3O6S. The Morgan fingerprint density at radius 1 is 1.25 bits per heavy atom. The fourth-order valence-corrected chi connectivity index (χ4v) is 5.48. The molecule has 2 rings (SSSR count). The smallest absolute Gasteiger partial charge is 0.315 e. The molecular weight excluding hydrogens is 386 g/mol. The molecule has 2 heterocycles. The Kier molecular flexibility index (Phi) is 8.84. The van der Waals surface area contributed by atoms with E-state index in [1.807, 2.05) is 0 Å². The summed E-state index contributed by atoms with van der Waals surface area (Å²) in [6.45, 7) is 0.100. The number of carboxylic acid groups (broad SMARTS) is 1. The minimum absolute atomic E-state index is 0.0490. The first-order valence-electron chi connectivity index (χ1n) is 9.83. The number of carbonyl (C=O) groups is 3. The highest BCUT2D eigenvalue weighted by molar-refractivity contribution is 8.01. The van der Waals surface area contributed by atoms with Crippen molar-refractivity contribution in [2.24, 2.45) is 5.92 Å². The molecule has 0 spiro atoms. The second-order valence-electron chi connectivity index (χ2n) is 7.46. The molecule has 0 aromatic carbocycles. The highest BCUT2D eigenvalue weighted by atomic mass is 32.2. The lowest BCUT2D eigenvalue weighted by molar-refractivity contribution is -0.137. The van der Waals surface area contributed by atoms with Crippen LogP contribution in [0.5, 0.6) is 0 Å². The quantitative estimate of drug-likeness (QED) is 0.218. The molecule has 0 aromatic heterocycles. The van der Waals surface area contributed by atoms with E-state index in [9.17, 15) is 24.6 Å². The second-order valence-corrected chi connectivity index (χ2v) is 8.81. The molecule has 5 N–H and O–H groups in total. The molecule has 2 saturated heterocycles. The van der Waals surface area contributed by atoms with Crippen LogP contribution >= 0.6 is 11.8 Å². The number of amides is 3. The molecule has 28 heavy (non-hydrogen) atoms. The van der Waals surface area contributed by atoms with Crippen molar-refractivity contribution in [2.75, 3.05) is 25.5 Å². The Morgan fingerprint density at radius 3 is 2.71 bits per heavy atom. The van der Waals surface area contributed by atoms with Crippen molar-refractivity contribution in [1.29, 1.82) is 0 Å². The van der Waals surface area contributed by atoms with Gasteiger partial charge in [0.2, 0.25) is 5.91 Å². The molecule has 3 amide bonds. The average molecular weight is 417 g/mol. The zero-order valence-electron chi connectivity index (χ0n) is 15.9. The number of fused-ring (bicyclic) bond motifs is 1. The fourth-order valence-electron chi connectivity index (χ4n) is 3.83. The van der Waals surface area contributed by atoms with Crippen LogP contribution in [0, 0.1) is 5.92 Å². The molecule has 0 saturated carbocycles. The number of urea groups is 1. The van der Waals surface area contributed by atoms with E-state index in [1.54, 1.807) is 0 Å². The van der Waals surface area contributed by atoms with E-state index >= 15 is 0 Å². The summed E-state index contributed by atoms with van der Waals surface area (Å²) in [5.41, 5.74) is 0. The normalized spacial score (nSPS) is 27.0. The Balaban J connectivity index is 1.99. The van der Waals surface area contributed by atoms with Gasteiger partial charge in [0.25, 0.3) is 0 Å². The summed E-state index contributed by atoms with van der Waals surface area (Å²) in [6, 6.07) is -0.764. The molecule has 1 radical (unpaired) electrons. The number of thioether (sulfide) groups is 1. The lowest BCUT2D eigenvalue weighted by Gasteiger charge is -2.33. The number of rotatable bonds is 13. The molecule has 0 bridgehead atoms. The van der Waals surface area contributed by atoms with Crippen molar-refractivity contribution in [3.63, 3.8) is 0 Å². The van der Waals surface area contributed by atoms with Gasteiger partial charge in [-0.05, 0) is 31.6 Å². The van der Waals surface area contributed by atoms with Crippen molar-refractivity contribution in [3.05, 3.63) is 0 Å². The van der Waals surface area contributed by atoms with E-state index in [2.05, 4.69) is 16.0 Å². The Morgan fingerprint density at radius 2 is 2.04 bits per heavy atom. The van der Waals surface area contributed by atoms with Crippen LogP contribution in [0.2, 0.25) is 0 Å². The molecule has 9 nitrogen and oxygen atoms in total. The standard InChI is InChI=1S/C18H30N3O6S/c22-8-4-2-5-12(10-23)9-19-16(26)18(7-3-1-6-14(24)25)15-13(11-28-18)20-17(27)21-15/h12-13,15,23H,1-11H2,(H,19,26)(H,24,25)(H2,20,21,27)/t12?,13-,15-,18-/m0/s1. The first-order valence-corrected chi connectivity index (χ1v) is 10.8. The van der Waals surface area contributed by atoms with Gasteiger partial charge in [-0.3, -0.25) is 9.59 Å². The second kappa shape index (κ2) is 10.9. The fraction of sp³-hybridized carbons (Fsp3) is 0.833. The SMILES string of the molecule is [O]CCCCC(CO)CNC(=O)[C@@]1(CCCCC(=O)O)SC[C@@H]2NC(=O)N[C@@H]21. The zero-order chi connectivity index (χ0) is 20.6. The lowest BCUT2D eigenvalue weighted by Crippen LogP contribution is -2.56. The third kappa shape index (κ3) is 5.74. The molecule has 10 heteroatoms. The van der Waals surface area contributed by atoms with Gasteiger partial charge >= 0.3 is 12.0 Å². The van der Waals surface area contributed by atoms with Gasteiger partial charge in [0, 0.05) is 25.3 Å².